The number of carbonyl (C=O) groups is 1. The van der Waals surface area contributed by atoms with Gasteiger partial charge in [-0.3, -0.25) is 4.79 Å². The van der Waals surface area contributed by atoms with Crippen molar-refractivity contribution < 1.29 is 9.90 Å². The number of carbonyl (C=O) groups excluding carboxylic acids is 1. The molecule has 6 nitrogen and oxygen atoms in total. The maximum atomic E-state index is 13.1. The standard InChI is InChI=1S/C26H30N4O2/c1-18-17-29(26(32)20-11-13-21(31)14-12-20)15-16-30(18)25-23-10-6-5-9-22(23)24(27-28-25)19-7-3-2-4-8-19/h2-10,18,20-21,31H,11-17H2,1H3/t18-,20?,21?/m1/s1. The first kappa shape index (κ1) is 20.9. The first-order valence-electron chi connectivity index (χ1n) is 11.7. The highest BCUT2D eigenvalue weighted by Crippen LogP contribution is 2.33. The number of aliphatic hydroxyl groups is 1. The maximum Gasteiger partial charge on any atom is 0.225 e. The topological polar surface area (TPSA) is 69.6 Å². The summed E-state index contributed by atoms with van der Waals surface area (Å²) in [5.41, 5.74) is 1.95. The number of hydrogen-bond donors (Lipinski definition) is 1. The second kappa shape index (κ2) is 8.87. The Balaban J connectivity index is 1.38. The minimum absolute atomic E-state index is 0.0583. The quantitative estimate of drug-likeness (QED) is 0.683. The van der Waals surface area contributed by atoms with Crippen LogP contribution in [-0.2, 0) is 4.79 Å². The lowest BCUT2D eigenvalue weighted by atomic mass is 9.86. The molecule has 1 atom stereocenters. The van der Waals surface area contributed by atoms with Crippen molar-refractivity contribution in [3.63, 3.8) is 0 Å². The molecule has 5 rings (SSSR count). The van der Waals surface area contributed by atoms with E-state index in [1.165, 1.54) is 0 Å². The van der Waals surface area contributed by atoms with Crippen molar-refractivity contribution in [1.82, 2.24) is 15.1 Å². The molecule has 32 heavy (non-hydrogen) atoms. The van der Waals surface area contributed by atoms with E-state index in [9.17, 15) is 9.90 Å². The molecule has 1 saturated heterocycles. The van der Waals surface area contributed by atoms with E-state index < -0.39 is 0 Å². The SMILES string of the molecule is C[C@@H]1CN(C(=O)C2CCC(O)CC2)CCN1c1nnc(-c2ccccc2)c2ccccc12. The number of amides is 1. The number of hydrogen-bond acceptors (Lipinski definition) is 5. The number of aromatic nitrogens is 2. The van der Waals surface area contributed by atoms with Crippen LogP contribution < -0.4 is 4.90 Å². The normalized spacial score (nSPS) is 24.0. The van der Waals surface area contributed by atoms with E-state index in [2.05, 4.69) is 46.3 Å². The summed E-state index contributed by atoms with van der Waals surface area (Å²) in [5.74, 6) is 1.20. The van der Waals surface area contributed by atoms with Gasteiger partial charge in [-0.1, -0.05) is 54.6 Å². The monoisotopic (exact) mass is 430 g/mol. The molecule has 2 aliphatic rings. The molecule has 0 bridgehead atoms. The van der Waals surface area contributed by atoms with Crippen molar-refractivity contribution in [1.29, 1.82) is 0 Å². The molecule has 1 N–H and O–H groups in total. The number of aliphatic hydroxyl groups excluding tert-OH is 1. The Kier molecular flexibility index (Phi) is 5.79. The number of nitrogens with zero attached hydrogens (tertiary/aromatic N) is 4. The summed E-state index contributed by atoms with van der Waals surface area (Å²) in [6, 6.07) is 18.6. The van der Waals surface area contributed by atoms with Crippen molar-refractivity contribution >= 4 is 22.5 Å². The molecule has 0 spiro atoms. The van der Waals surface area contributed by atoms with E-state index in [4.69, 9.17) is 0 Å². The number of benzene rings is 2. The Hall–Kier alpha value is -2.99. The van der Waals surface area contributed by atoms with E-state index in [1.807, 2.05) is 35.2 Å². The molecule has 0 radical (unpaired) electrons. The second-order valence-corrected chi connectivity index (χ2v) is 9.12. The van der Waals surface area contributed by atoms with Gasteiger partial charge >= 0.3 is 0 Å². The van der Waals surface area contributed by atoms with Crippen molar-refractivity contribution in [2.24, 2.45) is 5.92 Å². The summed E-state index contributed by atoms with van der Waals surface area (Å²) < 4.78 is 0. The van der Waals surface area contributed by atoms with Gasteiger partial charge < -0.3 is 14.9 Å². The van der Waals surface area contributed by atoms with Crippen LogP contribution in [0, 0.1) is 5.92 Å². The van der Waals surface area contributed by atoms with Gasteiger partial charge in [0, 0.05) is 47.9 Å². The summed E-state index contributed by atoms with van der Waals surface area (Å²) in [7, 11) is 0. The Labute approximate surface area is 188 Å². The third-order valence-electron chi connectivity index (χ3n) is 6.97. The lowest BCUT2D eigenvalue weighted by Gasteiger charge is -2.42. The molecule has 2 fully saturated rings. The number of piperazine rings is 1. The average molecular weight is 431 g/mol. The third-order valence-corrected chi connectivity index (χ3v) is 6.97. The first-order chi connectivity index (χ1) is 15.6. The van der Waals surface area contributed by atoms with Crippen LogP contribution in [0.25, 0.3) is 22.0 Å². The van der Waals surface area contributed by atoms with Gasteiger partial charge in [-0.25, -0.2) is 0 Å². The summed E-state index contributed by atoms with van der Waals surface area (Å²) in [6.45, 7) is 4.28. The zero-order chi connectivity index (χ0) is 22.1. The number of rotatable bonds is 3. The second-order valence-electron chi connectivity index (χ2n) is 9.12. The Morgan fingerprint density at radius 1 is 0.906 bits per heavy atom. The molecule has 1 saturated carbocycles. The molecule has 1 amide bonds. The first-order valence-corrected chi connectivity index (χ1v) is 11.7. The molecule has 1 aliphatic heterocycles. The predicted octanol–water partition coefficient (Wildman–Crippen LogP) is 3.89. The van der Waals surface area contributed by atoms with Crippen molar-refractivity contribution in [3.05, 3.63) is 54.6 Å². The molecule has 0 unspecified atom stereocenters. The van der Waals surface area contributed by atoms with Gasteiger partial charge in [0.25, 0.3) is 0 Å². The van der Waals surface area contributed by atoms with Gasteiger partial charge in [0.05, 0.1) is 6.10 Å². The molecular weight excluding hydrogens is 400 g/mol. The van der Waals surface area contributed by atoms with E-state index >= 15 is 0 Å². The van der Waals surface area contributed by atoms with Crippen LogP contribution in [0.15, 0.2) is 54.6 Å². The third kappa shape index (κ3) is 3.95. The van der Waals surface area contributed by atoms with Crippen molar-refractivity contribution in [3.8, 4) is 11.3 Å². The van der Waals surface area contributed by atoms with E-state index in [0.29, 0.717) is 13.1 Å². The Morgan fingerprint density at radius 2 is 1.59 bits per heavy atom. The molecule has 6 heteroatoms. The molecular formula is C26H30N4O2. The summed E-state index contributed by atoms with van der Waals surface area (Å²) in [5, 5.41) is 21.2. The zero-order valence-electron chi connectivity index (χ0n) is 18.5. The number of fused-ring (bicyclic) bond motifs is 1. The highest BCUT2D eigenvalue weighted by atomic mass is 16.3. The van der Waals surface area contributed by atoms with E-state index in [0.717, 1.165) is 60.1 Å². The minimum Gasteiger partial charge on any atom is -0.393 e. The van der Waals surface area contributed by atoms with Crippen LogP contribution in [0.4, 0.5) is 5.82 Å². The van der Waals surface area contributed by atoms with Gasteiger partial charge in [-0.2, -0.15) is 0 Å². The number of anilines is 1. The molecule has 2 heterocycles. The highest BCUT2D eigenvalue weighted by Gasteiger charge is 2.33. The summed E-state index contributed by atoms with van der Waals surface area (Å²) >= 11 is 0. The molecule has 166 valence electrons. The minimum atomic E-state index is -0.236. The van der Waals surface area contributed by atoms with Gasteiger partial charge in [-0.15, -0.1) is 10.2 Å². The van der Waals surface area contributed by atoms with Gasteiger partial charge in [0.1, 0.15) is 5.69 Å². The summed E-state index contributed by atoms with van der Waals surface area (Å²) in [6.07, 6.45) is 2.83. The fourth-order valence-electron chi connectivity index (χ4n) is 5.16. The Bertz CT molecular complexity index is 1100. The van der Waals surface area contributed by atoms with E-state index in [1.54, 1.807) is 0 Å². The lowest BCUT2D eigenvalue weighted by Crippen LogP contribution is -2.55. The molecule has 2 aromatic carbocycles. The predicted molar refractivity (Wildman–Crippen MR) is 126 cm³/mol. The fraction of sp³-hybridized carbons (Fsp3) is 0.423. The zero-order valence-corrected chi connectivity index (χ0v) is 18.5. The fourth-order valence-corrected chi connectivity index (χ4v) is 5.16. The van der Waals surface area contributed by atoms with Gasteiger partial charge in [0.2, 0.25) is 5.91 Å². The van der Waals surface area contributed by atoms with Gasteiger partial charge in [-0.05, 0) is 32.6 Å². The van der Waals surface area contributed by atoms with E-state index in [-0.39, 0.29) is 24.0 Å². The van der Waals surface area contributed by atoms with Crippen molar-refractivity contribution in [2.75, 3.05) is 24.5 Å². The van der Waals surface area contributed by atoms with Crippen LogP contribution in [0.1, 0.15) is 32.6 Å². The Morgan fingerprint density at radius 3 is 2.31 bits per heavy atom. The van der Waals surface area contributed by atoms with Gasteiger partial charge in [0.15, 0.2) is 5.82 Å². The van der Waals surface area contributed by atoms with Crippen LogP contribution in [0.2, 0.25) is 0 Å². The average Bonchev–Trinajstić information content (AvgIpc) is 2.84. The van der Waals surface area contributed by atoms with Crippen LogP contribution in [-0.4, -0.2) is 57.9 Å². The highest BCUT2D eigenvalue weighted by molar-refractivity contribution is 6.00. The lowest BCUT2D eigenvalue weighted by molar-refractivity contribution is -0.138. The largest absolute Gasteiger partial charge is 0.393 e. The van der Waals surface area contributed by atoms with Crippen LogP contribution in [0.5, 0.6) is 0 Å². The molecule has 1 aliphatic carbocycles. The van der Waals surface area contributed by atoms with Crippen molar-refractivity contribution in [2.45, 2.75) is 44.8 Å². The van der Waals surface area contributed by atoms with Crippen LogP contribution in [0.3, 0.4) is 0 Å². The maximum absolute atomic E-state index is 13.1. The summed E-state index contributed by atoms with van der Waals surface area (Å²) in [4.78, 5) is 17.4. The smallest absolute Gasteiger partial charge is 0.225 e. The molecule has 3 aromatic rings. The van der Waals surface area contributed by atoms with Crippen LogP contribution >= 0.6 is 0 Å². The molecule has 1 aromatic heterocycles.